The number of nitrogens with zero attached hydrogens (tertiary/aromatic N) is 2. The number of carbonyl (C=O) groups excluding carboxylic acids is 1. The molecule has 2 aromatic carbocycles. The van der Waals surface area contributed by atoms with E-state index in [0.717, 1.165) is 26.0 Å². The average Bonchev–Trinajstić information content (AvgIpc) is 3.12. The first-order chi connectivity index (χ1) is 14.0. The number of hydrogen-bond acceptors (Lipinski definition) is 4. The maximum absolute atomic E-state index is 12.9. The van der Waals surface area contributed by atoms with E-state index in [1.165, 1.54) is 16.8 Å². The van der Waals surface area contributed by atoms with Crippen molar-refractivity contribution in [1.29, 1.82) is 0 Å². The maximum atomic E-state index is 12.9. The molecule has 0 radical (unpaired) electrons. The minimum atomic E-state index is -0.302. The monoisotopic (exact) mass is 409 g/mol. The molecule has 0 saturated heterocycles. The lowest BCUT2D eigenvalue weighted by atomic mass is 10.2. The summed E-state index contributed by atoms with van der Waals surface area (Å²) < 4.78 is 16.4. The van der Waals surface area contributed by atoms with Crippen molar-refractivity contribution in [2.45, 2.75) is 32.9 Å². The molecule has 5 nitrogen and oxygen atoms in total. The molecule has 0 unspecified atom stereocenters. The van der Waals surface area contributed by atoms with Crippen molar-refractivity contribution in [2.24, 2.45) is 0 Å². The van der Waals surface area contributed by atoms with Gasteiger partial charge in [-0.05, 0) is 37.1 Å². The van der Waals surface area contributed by atoms with E-state index in [1.54, 1.807) is 23.5 Å². The molecule has 0 fully saturated rings. The lowest BCUT2D eigenvalue weighted by Crippen LogP contribution is -2.26. The Morgan fingerprint density at radius 2 is 1.93 bits per heavy atom. The van der Waals surface area contributed by atoms with E-state index in [-0.39, 0.29) is 23.7 Å². The minimum absolute atomic E-state index is 0.110. The summed E-state index contributed by atoms with van der Waals surface area (Å²) in [4.78, 5) is 25.0. The third-order valence-electron chi connectivity index (χ3n) is 4.82. The van der Waals surface area contributed by atoms with Crippen LogP contribution in [0.5, 0.6) is 0 Å². The molecule has 0 saturated carbocycles. The number of thiophene rings is 1. The highest BCUT2D eigenvalue weighted by molar-refractivity contribution is 7.26. The Bertz CT molecular complexity index is 1240. The summed E-state index contributed by atoms with van der Waals surface area (Å²) in [6.07, 6.45) is 0.798. The van der Waals surface area contributed by atoms with Crippen LogP contribution in [0.1, 0.15) is 24.1 Å². The number of hydrogen-bond donors (Lipinski definition) is 1. The molecule has 0 aliphatic carbocycles. The molecular weight excluding hydrogens is 389 g/mol. The Labute approximate surface area is 170 Å². The molecular formula is C22H20FN3O2S. The number of carbonyl (C=O) groups is 1. The topological polar surface area (TPSA) is 64.0 Å². The van der Waals surface area contributed by atoms with E-state index in [2.05, 4.69) is 10.4 Å². The molecule has 2 aromatic heterocycles. The first-order valence-corrected chi connectivity index (χ1v) is 10.2. The molecule has 1 amide bonds. The summed E-state index contributed by atoms with van der Waals surface area (Å²) in [5, 5.41) is 8.91. The molecule has 148 valence electrons. The van der Waals surface area contributed by atoms with Crippen LogP contribution in [0.4, 0.5) is 4.39 Å². The smallest absolute Gasteiger partial charge is 0.276 e. The number of benzene rings is 2. The van der Waals surface area contributed by atoms with E-state index >= 15 is 0 Å². The number of rotatable bonds is 6. The molecule has 0 spiro atoms. The van der Waals surface area contributed by atoms with Gasteiger partial charge in [-0.3, -0.25) is 9.59 Å². The number of amides is 1. The van der Waals surface area contributed by atoms with Crippen LogP contribution in [0.3, 0.4) is 0 Å². The zero-order valence-electron chi connectivity index (χ0n) is 15.9. The molecule has 0 bridgehead atoms. The molecule has 4 rings (SSSR count). The standard InChI is InChI=1S/C22H20FN3O2S/c1-14-21-20(17-5-2-3-6-18(17)29-21)22(28)26(25-14)12-4-7-19(27)24-13-15-8-10-16(23)11-9-15/h2-3,5-6,8-11H,4,7,12-13H2,1H3,(H,24,27). The fraction of sp³-hybridized carbons (Fsp3) is 0.227. The zero-order chi connectivity index (χ0) is 20.4. The predicted molar refractivity (Wildman–Crippen MR) is 114 cm³/mol. The van der Waals surface area contributed by atoms with Gasteiger partial charge in [0.25, 0.3) is 5.56 Å². The molecule has 1 N–H and O–H groups in total. The highest BCUT2D eigenvalue weighted by Crippen LogP contribution is 2.32. The van der Waals surface area contributed by atoms with Crippen LogP contribution >= 0.6 is 11.3 Å². The lowest BCUT2D eigenvalue weighted by molar-refractivity contribution is -0.121. The average molecular weight is 409 g/mol. The van der Waals surface area contributed by atoms with Gasteiger partial charge in [0.15, 0.2) is 0 Å². The second kappa shape index (κ2) is 8.13. The molecule has 0 aliphatic rings. The van der Waals surface area contributed by atoms with Crippen molar-refractivity contribution in [3.63, 3.8) is 0 Å². The van der Waals surface area contributed by atoms with Gasteiger partial charge in [0.1, 0.15) is 5.82 Å². The zero-order valence-corrected chi connectivity index (χ0v) is 16.8. The summed E-state index contributed by atoms with van der Waals surface area (Å²) in [7, 11) is 0. The Morgan fingerprint density at radius 1 is 1.17 bits per heavy atom. The lowest BCUT2D eigenvalue weighted by Gasteiger charge is -2.08. The fourth-order valence-electron chi connectivity index (χ4n) is 3.35. The van der Waals surface area contributed by atoms with Crippen molar-refractivity contribution < 1.29 is 9.18 Å². The summed E-state index contributed by atoms with van der Waals surface area (Å²) in [6.45, 7) is 2.64. The Kier molecular flexibility index (Phi) is 5.40. The molecule has 4 aromatic rings. The van der Waals surface area contributed by atoms with Crippen molar-refractivity contribution in [3.05, 3.63) is 76.0 Å². The van der Waals surface area contributed by atoms with Crippen LogP contribution in [0, 0.1) is 12.7 Å². The number of aromatic nitrogens is 2. The van der Waals surface area contributed by atoms with Crippen LogP contribution < -0.4 is 10.9 Å². The Morgan fingerprint density at radius 3 is 2.72 bits per heavy atom. The van der Waals surface area contributed by atoms with Gasteiger partial charge in [-0.1, -0.05) is 30.3 Å². The summed E-state index contributed by atoms with van der Waals surface area (Å²) in [5.74, 6) is -0.412. The largest absolute Gasteiger partial charge is 0.352 e. The first-order valence-electron chi connectivity index (χ1n) is 9.43. The van der Waals surface area contributed by atoms with Crippen LogP contribution in [0.25, 0.3) is 20.2 Å². The van der Waals surface area contributed by atoms with Crippen molar-refractivity contribution in [2.75, 3.05) is 0 Å². The quantitative estimate of drug-likeness (QED) is 0.520. The van der Waals surface area contributed by atoms with Gasteiger partial charge in [-0.2, -0.15) is 5.10 Å². The van der Waals surface area contributed by atoms with Gasteiger partial charge in [0, 0.05) is 29.6 Å². The molecule has 2 heterocycles. The van der Waals surface area contributed by atoms with E-state index < -0.39 is 0 Å². The van der Waals surface area contributed by atoms with Crippen molar-refractivity contribution in [3.8, 4) is 0 Å². The first kappa shape index (κ1) is 19.3. The molecule has 29 heavy (non-hydrogen) atoms. The number of fused-ring (bicyclic) bond motifs is 3. The number of halogens is 1. The van der Waals surface area contributed by atoms with Crippen LogP contribution in [0.15, 0.2) is 53.3 Å². The highest BCUT2D eigenvalue weighted by Gasteiger charge is 2.14. The normalized spacial score (nSPS) is 11.2. The predicted octanol–water partition coefficient (Wildman–Crippen LogP) is 4.16. The van der Waals surface area contributed by atoms with E-state index in [4.69, 9.17) is 0 Å². The van der Waals surface area contributed by atoms with E-state index in [9.17, 15) is 14.0 Å². The fourth-order valence-corrected chi connectivity index (χ4v) is 4.48. The van der Waals surface area contributed by atoms with Crippen LogP contribution in [0.2, 0.25) is 0 Å². The van der Waals surface area contributed by atoms with Gasteiger partial charge < -0.3 is 5.32 Å². The van der Waals surface area contributed by atoms with Gasteiger partial charge >= 0.3 is 0 Å². The van der Waals surface area contributed by atoms with Gasteiger partial charge in [-0.25, -0.2) is 9.07 Å². The van der Waals surface area contributed by atoms with Gasteiger partial charge in [0.05, 0.1) is 15.8 Å². The second-order valence-electron chi connectivity index (χ2n) is 6.92. The summed E-state index contributed by atoms with van der Waals surface area (Å²) in [6, 6.07) is 13.9. The molecule has 7 heteroatoms. The van der Waals surface area contributed by atoms with Crippen molar-refractivity contribution >= 4 is 37.4 Å². The second-order valence-corrected chi connectivity index (χ2v) is 7.97. The summed E-state index contributed by atoms with van der Waals surface area (Å²) >= 11 is 1.58. The van der Waals surface area contributed by atoms with Crippen LogP contribution in [-0.2, 0) is 17.9 Å². The van der Waals surface area contributed by atoms with Gasteiger partial charge in [0.2, 0.25) is 5.91 Å². The minimum Gasteiger partial charge on any atom is -0.352 e. The number of aryl methyl sites for hydroxylation is 2. The maximum Gasteiger partial charge on any atom is 0.276 e. The van der Waals surface area contributed by atoms with Gasteiger partial charge in [-0.15, -0.1) is 11.3 Å². The SMILES string of the molecule is Cc1nn(CCCC(=O)NCc2ccc(F)cc2)c(=O)c2c1sc1ccccc12. The Hall–Kier alpha value is -3.06. The Balaban J connectivity index is 1.42. The third-order valence-corrected chi connectivity index (χ3v) is 6.10. The van der Waals surface area contributed by atoms with E-state index in [1.807, 2.05) is 31.2 Å². The third kappa shape index (κ3) is 4.05. The molecule has 0 atom stereocenters. The highest BCUT2D eigenvalue weighted by atomic mass is 32.1. The van der Waals surface area contributed by atoms with Crippen molar-refractivity contribution in [1.82, 2.24) is 15.1 Å². The molecule has 0 aliphatic heterocycles. The van der Waals surface area contributed by atoms with Crippen LogP contribution in [-0.4, -0.2) is 15.7 Å². The number of nitrogens with one attached hydrogen (secondary N) is 1. The summed E-state index contributed by atoms with van der Waals surface area (Å²) in [5.41, 5.74) is 1.54. The van der Waals surface area contributed by atoms with E-state index in [0.29, 0.717) is 24.9 Å².